The molecule has 1 nitrogen and oxygen atoms in total. The van der Waals surface area contributed by atoms with Crippen LogP contribution in [0.3, 0.4) is 0 Å². The Balaban J connectivity index is 1.91. The van der Waals surface area contributed by atoms with E-state index in [1.165, 1.54) is 25.0 Å². The van der Waals surface area contributed by atoms with Crippen molar-refractivity contribution in [3.8, 4) is 0 Å². The second-order valence-corrected chi connectivity index (χ2v) is 4.03. The molecule has 10 heavy (non-hydrogen) atoms. The molecular weight excluding hydrogens is 144 g/mol. The molecule has 0 N–H and O–H groups in total. The second-order valence-electron chi connectivity index (χ2n) is 2.62. The zero-order chi connectivity index (χ0) is 7.23. The fourth-order valence-corrected chi connectivity index (χ4v) is 2.49. The summed E-state index contributed by atoms with van der Waals surface area (Å²) in [6.45, 7) is 3.90. The summed E-state index contributed by atoms with van der Waals surface area (Å²) in [6.07, 6.45) is 4.09. The number of hydrogen-bond donors (Lipinski definition) is 0. The third-order valence-electron chi connectivity index (χ3n) is 1.81. The van der Waals surface area contributed by atoms with Crippen molar-refractivity contribution in [1.82, 2.24) is 0 Å². The smallest absolute Gasteiger partial charge is 0.0476 e. The van der Waals surface area contributed by atoms with Crippen LogP contribution in [0.15, 0.2) is 0 Å². The molecule has 0 aliphatic carbocycles. The Morgan fingerprint density at radius 2 is 2.50 bits per heavy atom. The Labute approximate surface area is 67.5 Å². The Morgan fingerprint density at radius 3 is 3.10 bits per heavy atom. The third-order valence-corrected chi connectivity index (χ3v) is 3.28. The summed E-state index contributed by atoms with van der Waals surface area (Å²) < 4.78 is 5.28. The van der Waals surface area contributed by atoms with Crippen molar-refractivity contribution in [3.05, 3.63) is 0 Å². The molecule has 0 spiro atoms. The Kier molecular flexibility index (Phi) is 4.23. The molecule has 1 aliphatic rings. The van der Waals surface area contributed by atoms with Crippen molar-refractivity contribution in [3.63, 3.8) is 0 Å². The van der Waals surface area contributed by atoms with Crippen LogP contribution in [0, 0.1) is 0 Å². The summed E-state index contributed by atoms with van der Waals surface area (Å²) in [5, 5.41) is 0.909. The molecule has 1 atom stereocenters. The first-order chi connectivity index (χ1) is 4.93. The van der Waals surface area contributed by atoms with Gasteiger partial charge in [-0.05, 0) is 31.9 Å². The monoisotopic (exact) mass is 160 g/mol. The largest absolute Gasteiger partial charge is 0.382 e. The average molecular weight is 160 g/mol. The summed E-state index contributed by atoms with van der Waals surface area (Å²) in [5.41, 5.74) is 0. The van der Waals surface area contributed by atoms with Crippen molar-refractivity contribution < 1.29 is 4.74 Å². The number of rotatable bonds is 4. The van der Waals surface area contributed by atoms with Gasteiger partial charge in [-0.3, -0.25) is 0 Å². The molecule has 0 bridgehead atoms. The number of hydrogen-bond acceptors (Lipinski definition) is 2. The van der Waals surface area contributed by atoms with E-state index in [9.17, 15) is 0 Å². The van der Waals surface area contributed by atoms with Gasteiger partial charge in [-0.15, -0.1) is 0 Å². The lowest BCUT2D eigenvalue weighted by Crippen LogP contribution is -2.03. The number of thioether (sulfide) groups is 1. The van der Waals surface area contributed by atoms with E-state index in [1.54, 1.807) is 0 Å². The molecule has 0 saturated carbocycles. The molecule has 1 rings (SSSR count). The topological polar surface area (TPSA) is 9.23 Å². The normalized spacial score (nSPS) is 25.5. The van der Waals surface area contributed by atoms with Gasteiger partial charge in [0.25, 0.3) is 0 Å². The summed E-state index contributed by atoms with van der Waals surface area (Å²) in [5.74, 6) is 1.37. The average Bonchev–Trinajstić information content (AvgIpc) is 2.41. The summed E-state index contributed by atoms with van der Waals surface area (Å²) in [7, 11) is 0. The summed E-state index contributed by atoms with van der Waals surface area (Å²) in [6, 6.07) is 0. The predicted molar refractivity (Wildman–Crippen MR) is 46.6 cm³/mol. The van der Waals surface area contributed by atoms with Gasteiger partial charge in [0.15, 0.2) is 0 Å². The lowest BCUT2D eigenvalue weighted by molar-refractivity contribution is 0.144. The molecule has 0 aromatic rings. The van der Waals surface area contributed by atoms with Crippen LogP contribution < -0.4 is 0 Å². The molecule has 1 fully saturated rings. The fourth-order valence-electron chi connectivity index (χ4n) is 1.23. The minimum Gasteiger partial charge on any atom is -0.382 e. The van der Waals surface area contributed by atoms with E-state index in [2.05, 4.69) is 18.7 Å². The highest BCUT2D eigenvalue weighted by molar-refractivity contribution is 8.00. The second kappa shape index (κ2) is 5.03. The van der Waals surface area contributed by atoms with Crippen LogP contribution in [0.2, 0.25) is 0 Å². The molecule has 0 amide bonds. The van der Waals surface area contributed by atoms with Crippen LogP contribution in [-0.2, 0) is 4.74 Å². The third kappa shape index (κ3) is 2.93. The number of ether oxygens (including phenoxy) is 1. The molecule has 2 heteroatoms. The fraction of sp³-hybridized carbons (Fsp3) is 1.00. The van der Waals surface area contributed by atoms with E-state index in [4.69, 9.17) is 4.74 Å². The van der Waals surface area contributed by atoms with Crippen molar-refractivity contribution in [2.24, 2.45) is 0 Å². The first-order valence-electron chi connectivity index (χ1n) is 4.13. The summed E-state index contributed by atoms with van der Waals surface area (Å²) >= 11 is 2.11. The van der Waals surface area contributed by atoms with Crippen molar-refractivity contribution in [2.75, 3.05) is 19.0 Å². The van der Waals surface area contributed by atoms with Crippen LogP contribution in [0.5, 0.6) is 0 Å². The van der Waals surface area contributed by atoms with Gasteiger partial charge >= 0.3 is 0 Å². The molecule has 60 valence electrons. The molecule has 0 aromatic heterocycles. The molecule has 1 unspecified atom stereocenters. The maximum absolute atomic E-state index is 5.28. The lowest BCUT2D eigenvalue weighted by atomic mass is 10.2. The molecule has 1 saturated heterocycles. The van der Waals surface area contributed by atoms with Crippen LogP contribution in [-0.4, -0.2) is 24.2 Å². The highest BCUT2D eigenvalue weighted by Gasteiger charge is 2.14. The van der Waals surface area contributed by atoms with Gasteiger partial charge < -0.3 is 4.74 Å². The summed E-state index contributed by atoms with van der Waals surface area (Å²) in [4.78, 5) is 0. The van der Waals surface area contributed by atoms with Crippen LogP contribution in [0.1, 0.15) is 26.2 Å². The van der Waals surface area contributed by atoms with Crippen LogP contribution in [0.4, 0.5) is 0 Å². The van der Waals surface area contributed by atoms with Crippen molar-refractivity contribution >= 4 is 11.8 Å². The van der Waals surface area contributed by atoms with Gasteiger partial charge in [0.05, 0.1) is 0 Å². The highest BCUT2D eigenvalue weighted by Crippen LogP contribution is 2.28. The van der Waals surface area contributed by atoms with Gasteiger partial charge in [-0.25, -0.2) is 0 Å². The van der Waals surface area contributed by atoms with Crippen molar-refractivity contribution in [1.29, 1.82) is 0 Å². The highest BCUT2D eigenvalue weighted by atomic mass is 32.2. The minimum absolute atomic E-state index is 0.872. The SMILES string of the molecule is CCOCCC1CCCS1. The van der Waals surface area contributed by atoms with Gasteiger partial charge in [-0.2, -0.15) is 11.8 Å². The molecule has 1 heterocycles. The predicted octanol–water partition coefficient (Wildman–Crippen LogP) is 2.31. The van der Waals surface area contributed by atoms with E-state index in [-0.39, 0.29) is 0 Å². The van der Waals surface area contributed by atoms with Crippen LogP contribution >= 0.6 is 11.8 Å². The standard InChI is InChI=1S/C8H16OS/c1-2-9-6-5-8-4-3-7-10-8/h8H,2-7H2,1H3. The van der Waals surface area contributed by atoms with Gasteiger partial charge in [0.1, 0.15) is 0 Å². The Hall–Kier alpha value is 0.310. The first-order valence-corrected chi connectivity index (χ1v) is 5.17. The quantitative estimate of drug-likeness (QED) is 0.584. The zero-order valence-electron chi connectivity index (χ0n) is 6.64. The molecule has 0 aromatic carbocycles. The van der Waals surface area contributed by atoms with E-state index < -0.39 is 0 Å². The molecular formula is C8H16OS. The van der Waals surface area contributed by atoms with Gasteiger partial charge in [-0.1, -0.05) is 0 Å². The van der Waals surface area contributed by atoms with Gasteiger partial charge in [0.2, 0.25) is 0 Å². The first kappa shape index (κ1) is 8.41. The molecule has 0 radical (unpaired) electrons. The lowest BCUT2D eigenvalue weighted by Gasteiger charge is -2.06. The maximum atomic E-state index is 5.28. The van der Waals surface area contributed by atoms with E-state index >= 15 is 0 Å². The van der Waals surface area contributed by atoms with Crippen molar-refractivity contribution in [2.45, 2.75) is 31.4 Å². The van der Waals surface area contributed by atoms with E-state index in [0.717, 1.165) is 18.5 Å². The van der Waals surface area contributed by atoms with Crippen LogP contribution in [0.25, 0.3) is 0 Å². The Morgan fingerprint density at radius 1 is 1.60 bits per heavy atom. The zero-order valence-corrected chi connectivity index (χ0v) is 7.45. The van der Waals surface area contributed by atoms with E-state index in [0.29, 0.717) is 0 Å². The minimum atomic E-state index is 0.872. The molecule has 1 aliphatic heterocycles. The van der Waals surface area contributed by atoms with E-state index in [1.807, 2.05) is 0 Å². The van der Waals surface area contributed by atoms with Gasteiger partial charge in [0, 0.05) is 18.5 Å². The Bertz CT molecular complexity index is 79.3. The maximum Gasteiger partial charge on any atom is 0.0476 e.